The SMILES string of the molecule is CC[C@H]1CCCCN1CC(=O)N[C@@H](C)COC. The fourth-order valence-electron chi connectivity index (χ4n) is 2.53. The molecule has 1 rings (SSSR count). The lowest BCUT2D eigenvalue weighted by molar-refractivity contribution is -0.124. The molecule has 1 aliphatic rings. The van der Waals surface area contributed by atoms with Gasteiger partial charge in [0.25, 0.3) is 0 Å². The monoisotopic (exact) mass is 242 g/mol. The van der Waals surface area contributed by atoms with E-state index in [4.69, 9.17) is 4.74 Å². The van der Waals surface area contributed by atoms with E-state index in [1.165, 1.54) is 19.3 Å². The van der Waals surface area contributed by atoms with Crippen LogP contribution in [-0.4, -0.2) is 49.7 Å². The number of carbonyl (C=O) groups is 1. The molecule has 1 fully saturated rings. The number of methoxy groups -OCH3 is 1. The molecule has 0 unspecified atom stereocenters. The van der Waals surface area contributed by atoms with Crippen molar-refractivity contribution < 1.29 is 9.53 Å². The number of likely N-dealkylation sites (tertiary alicyclic amines) is 1. The van der Waals surface area contributed by atoms with Gasteiger partial charge in [-0.15, -0.1) is 0 Å². The molecule has 1 N–H and O–H groups in total. The van der Waals surface area contributed by atoms with E-state index in [-0.39, 0.29) is 11.9 Å². The number of carbonyl (C=O) groups excluding carboxylic acids is 1. The fourth-order valence-corrected chi connectivity index (χ4v) is 2.53. The van der Waals surface area contributed by atoms with Crippen LogP contribution in [0.3, 0.4) is 0 Å². The molecule has 0 bridgehead atoms. The van der Waals surface area contributed by atoms with Crippen molar-refractivity contribution in [3.8, 4) is 0 Å². The Balaban J connectivity index is 2.33. The lowest BCUT2D eigenvalue weighted by Gasteiger charge is -2.34. The van der Waals surface area contributed by atoms with Crippen LogP contribution < -0.4 is 5.32 Å². The highest BCUT2D eigenvalue weighted by Crippen LogP contribution is 2.18. The van der Waals surface area contributed by atoms with Crippen molar-refractivity contribution in [1.29, 1.82) is 0 Å². The maximum atomic E-state index is 11.8. The van der Waals surface area contributed by atoms with Gasteiger partial charge in [-0.25, -0.2) is 0 Å². The van der Waals surface area contributed by atoms with Crippen LogP contribution in [0, 0.1) is 0 Å². The van der Waals surface area contributed by atoms with Crippen LogP contribution in [0.2, 0.25) is 0 Å². The maximum absolute atomic E-state index is 11.8. The van der Waals surface area contributed by atoms with Gasteiger partial charge < -0.3 is 10.1 Å². The zero-order chi connectivity index (χ0) is 12.7. The van der Waals surface area contributed by atoms with Crippen molar-refractivity contribution in [1.82, 2.24) is 10.2 Å². The Morgan fingerprint density at radius 1 is 1.53 bits per heavy atom. The first-order valence-corrected chi connectivity index (χ1v) is 6.69. The molecule has 17 heavy (non-hydrogen) atoms. The Kier molecular flexibility index (Phi) is 6.52. The zero-order valence-electron chi connectivity index (χ0n) is 11.4. The van der Waals surface area contributed by atoms with Crippen LogP contribution in [0.1, 0.15) is 39.5 Å². The van der Waals surface area contributed by atoms with E-state index in [0.717, 1.165) is 13.0 Å². The first kappa shape index (κ1) is 14.5. The third kappa shape index (κ3) is 5.04. The topological polar surface area (TPSA) is 41.6 Å². The average molecular weight is 242 g/mol. The molecule has 0 aliphatic carbocycles. The van der Waals surface area contributed by atoms with Gasteiger partial charge in [-0.05, 0) is 32.7 Å². The Hall–Kier alpha value is -0.610. The summed E-state index contributed by atoms with van der Waals surface area (Å²) < 4.78 is 5.01. The summed E-state index contributed by atoms with van der Waals surface area (Å²) in [5.41, 5.74) is 0. The highest BCUT2D eigenvalue weighted by molar-refractivity contribution is 5.78. The molecule has 0 aromatic heterocycles. The summed E-state index contributed by atoms with van der Waals surface area (Å²) in [5.74, 6) is 0.120. The lowest BCUT2D eigenvalue weighted by atomic mass is 10.00. The molecule has 0 radical (unpaired) electrons. The predicted molar refractivity (Wildman–Crippen MR) is 69.0 cm³/mol. The smallest absolute Gasteiger partial charge is 0.234 e. The molecule has 1 aliphatic heterocycles. The Morgan fingerprint density at radius 3 is 2.94 bits per heavy atom. The van der Waals surface area contributed by atoms with Crippen molar-refractivity contribution in [3.63, 3.8) is 0 Å². The third-order valence-corrected chi connectivity index (χ3v) is 3.39. The van der Waals surface area contributed by atoms with Crippen LogP contribution in [0.15, 0.2) is 0 Å². The van der Waals surface area contributed by atoms with Crippen LogP contribution >= 0.6 is 0 Å². The van der Waals surface area contributed by atoms with Gasteiger partial charge in [0, 0.05) is 19.2 Å². The third-order valence-electron chi connectivity index (χ3n) is 3.39. The molecule has 100 valence electrons. The molecule has 0 aromatic carbocycles. The zero-order valence-corrected chi connectivity index (χ0v) is 11.4. The van der Waals surface area contributed by atoms with Gasteiger partial charge in [0.05, 0.1) is 13.2 Å². The maximum Gasteiger partial charge on any atom is 0.234 e. The van der Waals surface area contributed by atoms with Gasteiger partial charge in [-0.1, -0.05) is 13.3 Å². The Bertz CT molecular complexity index is 233. The van der Waals surface area contributed by atoms with Crippen molar-refractivity contribution in [2.45, 2.75) is 51.6 Å². The summed E-state index contributed by atoms with van der Waals surface area (Å²) in [5, 5.41) is 2.97. The summed E-state index contributed by atoms with van der Waals surface area (Å²) in [6.07, 6.45) is 4.90. The van der Waals surface area contributed by atoms with E-state index in [1.807, 2.05) is 6.92 Å². The van der Waals surface area contributed by atoms with E-state index in [0.29, 0.717) is 19.2 Å². The second-order valence-corrected chi connectivity index (χ2v) is 4.95. The normalized spacial score (nSPS) is 23.4. The summed E-state index contributed by atoms with van der Waals surface area (Å²) in [7, 11) is 1.65. The first-order valence-electron chi connectivity index (χ1n) is 6.69. The van der Waals surface area contributed by atoms with E-state index in [9.17, 15) is 4.79 Å². The highest BCUT2D eigenvalue weighted by atomic mass is 16.5. The molecule has 0 spiro atoms. The number of nitrogens with zero attached hydrogens (tertiary/aromatic N) is 1. The quantitative estimate of drug-likeness (QED) is 0.765. The largest absolute Gasteiger partial charge is 0.383 e. The van der Waals surface area contributed by atoms with Gasteiger partial charge in [0.15, 0.2) is 0 Å². The van der Waals surface area contributed by atoms with E-state index in [2.05, 4.69) is 17.1 Å². The van der Waals surface area contributed by atoms with Crippen molar-refractivity contribution in [2.24, 2.45) is 0 Å². The van der Waals surface area contributed by atoms with Crippen molar-refractivity contribution >= 4 is 5.91 Å². The fraction of sp³-hybridized carbons (Fsp3) is 0.923. The molecule has 2 atom stereocenters. The Morgan fingerprint density at radius 2 is 2.29 bits per heavy atom. The van der Waals surface area contributed by atoms with Gasteiger partial charge in [-0.2, -0.15) is 0 Å². The predicted octanol–water partition coefficient (Wildman–Crippen LogP) is 1.40. The minimum Gasteiger partial charge on any atom is -0.383 e. The minimum atomic E-state index is 0.0948. The van der Waals surface area contributed by atoms with Gasteiger partial charge in [0.1, 0.15) is 0 Å². The number of amides is 1. The summed E-state index contributed by atoms with van der Waals surface area (Å²) >= 11 is 0. The van der Waals surface area contributed by atoms with E-state index >= 15 is 0 Å². The van der Waals surface area contributed by atoms with Gasteiger partial charge >= 0.3 is 0 Å². The number of ether oxygens (including phenoxy) is 1. The average Bonchev–Trinajstić information content (AvgIpc) is 2.29. The van der Waals surface area contributed by atoms with E-state index in [1.54, 1.807) is 7.11 Å². The molecule has 4 nitrogen and oxygen atoms in total. The molecule has 0 saturated carbocycles. The Labute approximate surface area is 105 Å². The second-order valence-electron chi connectivity index (χ2n) is 4.95. The lowest BCUT2D eigenvalue weighted by Crippen LogP contribution is -2.47. The number of hydrogen-bond acceptors (Lipinski definition) is 3. The van der Waals surface area contributed by atoms with Crippen LogP contribution in [0.4, 0.5) is 0 Å². The summed E-state index contributed by atoms with van der Waals surface area (Å²) in [6.45, 7) is 6.34. The molecule has 0 aromatic rings. The van der Waals surface area contributed by atoms with Crippen LogP contribution in [-0.2, 0) is 9.53 Å². The minimum absolute atomic E-state index is 0.0948. The first-order chi connectivity index (χ1) is 8.17. The second kappa shape index (κ2) is 7.67. The van der Waals surface area contributed by atoms with Gasteiger partial charge in [-0.3, -0.25) is 9.69 Å². The molecule has 1 saturated heterocycles. The molecular formula is C13H26N2O2. The summed E-state index contributed by atoms with van der Waals surface area (Å²) in [4.78, 5) is 14.2. The molecule has 1 amide bonds. The van der Waals surface area contributed by atoms with Crippen molar-refractivity contribution in [3.05, 3.63) is 0 Å². The number of rotatable bonds is 6. The molecule has 4 heteroatoms. The number of hydrogen-bond donors (Lipinski definition) is 1. The molecule has 1 heterocycles. The van der Waals surface area contributed by atoms with Crippen LogP contribution in [0.5, 0.6) is 0 Å². The highest BCUT2D eigenvalue weighted by Gasteiger charge is 2.22. The standard InChI is InChI=1S/C13H26N2O2/c1-4-12-7-5-6-8-15(12)9-13(16)14-11(2)10-17-3/h11-12H,4-10H2,1-3H3,(H,14,16)/t11-,12-/m0/s1. The summed E-state index contributed by atoms with van der Waals surface area (Å²) in [6, 6.07) is 0.685. The van der Waals surface area contributed by atoms with Crippen LogP contribution in [0.25, 0.3) is 0 Å². The van der Waals surface area contributed by atoms with Crippen molar-refractivity contribution in [2.75, 3.05) is 26.8 Å². The van der Waals surface area contributed by atoms with Gasteiger partial charge in [0.2, 0.25) is 5.91 Å². The molecular weight excluding hydrogens is 216 g/mol. The van der Waals surface area contributed by atoms with E-state index < -0.39 is 0 Å². The number of piperidine rings is 1. The number of nitrogens with one attached hydrogen (secondary N) is 1.